The Morgan fingerprint density at radius 2 is 2.11 bits per heavy atom. The van der Waals surface area contributed by atoms with Crippen molar-refractivity contribution in [2.24, 2.45) is 0 Å². The van der Waals surface area contributed by atoms with E-state index in [-0.39, 0.29) is 0 Å². The van der Waals surface area contributed by atoms with Crippen LogP contribution in [-0.2, 0) is 12.6 Å². The summed E-state index contributed by atoms with van der Waals surface area (Å²) in [5.41, 5.74) is 1.64. The predicted molar refractivity (Wildman–Crippen MR) is 71.1 cm³/mol. The summed E-state index contributed by atoms with van der Waals surface area (Å²) in [7, 11) is 0. The lowest BCUT2D eigenvalue weighted by molar-refractivity contribution is -0.137. The normalized spacial score (nSPS) is 11.6. The van der Waals surface area contributed by atoms with Crippen molar-refractivity contribution >= 4 is 16.9 Å². The molecule has 0 amide bonds. The van der Waals surface area contributed by atoms with E-state index in [0.29, 0.717) is 12.0 Å². The highest BCUT2D eigenvalue weighted by molar-refractivity contribution is 7.09. The highest BCUT2D eigenvalue weighted by Gasteiger charge is 2.30. The molecule has 0 atom stereocenters. The minimum Gasteiger partial charge on any atom is -0.241 e. The molecule has 1 nitrogen and oxygen atoms in total. The topological polar surface area (TPSA) is 12.9 Å². The number of thiazole rings is 1. The van der Waals surface area contributed by atoms with Crippen molar-refractivity contribution in [3.05, 3.63) is 58.1 Å². The fourth-order valence-corrected chi connectivity index (χ4v) is 2.52. The first-order chi connectivity index (χ1) is 8.86. The number of allylic oxidation sites excluding steroid dienone is 1. The molecule has 0 aliphatic heterocycles. The van der Waals surface area contributed by atoms with Gasteiger partial charge >= 0.3 is 6.18 Å². The summed E-state index contributed by atoms with van der Waals surface area (Å²) in [4.78, 5) is 4.33. The summed E-state index contributed by atoms with van der Waals surface area (Å²) in [5.74, 6) is 0. The Kier molecular flexibility index (Phi) is 3.75. The van der Waals surface area contributed by atoms with E-state index >= 15 is 0 Å². The van der Waals surface area contributed by atoms with Gasteiger partial charge < -0.3 is 0 Å². The average Bonchev–Trinajstić information content (AvgIpc) is 2.77. The fraction of sp³-hybridized carbons (Fsp3) is 0.214. The molecule has 0 unspecified atom stereocenters. The van der Waals surface area contributed by atoms with Crippen LogP contribution in [0, 0.1) is 0 Å². The van der Waals surface area contributed by atoms with Crippen LogP contribution < -0.4 is 0 Å². The van der Waals surface area contributed by atoms with Crippen molar-refractivity contribution in [2.45, 2.75) is 19.5 Å². The number of alkyl halides is 3. The number of hydrogen-bond acceptors (Lipinski definition) is 2. The molecule has 5 heteroatoms. The van der Waals surface area contributed by atoms with Gasteiger partial charge in [-0.3, -0.25) is 0 Å². The Labute approximate surface area is 113 Å². The lowest BCUT2D eigenvalue weighted by atomic mass is 10.1. The highest BCUT2D eigenvalue weighted by atomic mass is 32.1. The maximum absolute atomic E-state index is 12.6. The molecule has 1 heterocycles. The molecule has 0 saturated heterocycles. The first-order valence-electron chi connectivity index (χ1n) is 5.62. The van der Waals surface area contributed by atoms with Gasteiger partial charge in [-0.25, -0.2) is 4.98 Å². The van der Waals surface area contributed by atoms with Crippen LogP contribution in [0.15, 0.2) is 36.2 Å². The third-order valence-electron chi connectivity index (χ3n) is 2.60. The van der Waals surface area contributed by atoms with Gasteiger partial charge in [-0.2, -0.15) is 13.2 Å². The number of rotatable bonds is 3. The zero-order valence-corrected chi connectivity index (χ0v) is 11.1. The van der Waals surface area contributed by atoms with Gasteiger partial charge in [0.15, 0.2) is 0 Å². The number of benzene rings is 1. The van der Waals surface area contributed by atoms with Crippen LogP contribution in [0.4, 0.5) is 13.2 Å². The largest absolute Gasteiger partial charge is 0.416 e. The van der Waals surface area contributed by atoms with Crippen LogP contribution in [0.5, 0.6) is 0 Å². The van der Waals surface area contributed by atoms with Crippen LogP contribution in [0.1, 0.15) is 28.8 Å². The molecule has 100 valence electrons. The van der Waals surface area contributed by atoms with Crippen molar-refractivity contribution in [1.29, 1.82) is 0 Å². The molecule has 2 aromatic rings. The van der Waals surface area contributed by atoms with Gasteiger partial charge in [0.2, 0.25) is 0 Å². The van der Waals surface area contributed by atoms with Gasteiger partial charge in [-0.05, 0) is 24.1 Å². The van der Waals surface area contributed by atoms with Gasteiger partial charge in [0, 0.05) is 11.8 Å². The molecule has 0 bridgehead atoms. The van der Waals surface area contributed by atoms with Crippen LogP contribution in [0.25, 0.3) is 5.57 Å². The number of aromatic nitrogens is 1. The second kappa shape index (κ2) is 5.17. The van der Waals surface area contributed by atoms with E-state index in [1.807, 2.05) is 12.3 Å². The quantitative estimate of drug-likeness (QED) is 0.789. The fourth-order valence-electron chi connectivity index (χ4n) is 1.62. The molecule has 0 radical (unpaired) electrons. The maximum Gasteiger partial charge on any atom is 0.416 e. The molecule has 1 aromatic carbocycles. The molecule has 0 fully saturated rings. The summed E-state index contributed by atoms with van der Waals surface area (Å²) in [6.45, 7) is 5.64. The summed E-state index contributed by atoms with van der Waals surface area (Å²) in [6, 6.07) is 5.34. The Balaban J connectivity index is 2.21. The van der Waals surface area contributed by atoms with Crippen molar-refractivity contribution in [1.82, 2.24) is 4.98 Å². The van der Waals surface area contributed by atoms with Crippen molar-refractivity contribution in [3.8, 4) is 0 Å². The Morgan fingerprint density at radius 1 is 1.37 bits per heavy atom. The van der Waals surface area contributed by atoms with Gasteiger partial charge in [-0.1, -0.05) is 24.8 Å². The Morgan fingerprint density at radius 3 is 2.68 bits per heavy atom. The Bertz CT molecular complexity index is 599. The Hall–Kier alpha value is -1.62. The van der Waals surface area contributed by atoms with E-state index in [2.05, 4.69) is 11.6 Å². The van der Waals surface area contributed by atoms with E-state index in [0.717, 1.165) is 22.3 Å². The molecule has 19 heavy (non-hydrogen) atoms. The highest BCUT2D eigenvalue weighted by Crippen LogP contribution is 2.30. The van der Waals surface area contributed by atoms with Gasteiger partial charge in [0.05, 0.1) is 16.3 Å². The monoisotopic (exact) mass is 283 g/mol. The number of nitrogens with zero attached hydrogens (tertiary/aromatic N) is 1. The van der Waals surface area contributed by atoms with Gasteiger partial charge in [0.25, 0.3) is 0 Å². The van der Waals surface area contributed by atoms with E-state index < -0.39 is 11.7 Å². The van der Waals surface area contributed by atoms with Crippen LogP contribution in [-0.4, -0.2) is 4.98 Å². The van der Waals surface area contributed by atoms with Gasteiger partial charge in [0.1, 0.15) is 0 Å². The summed E-state index contributed by atoms with van der Waals surface area (Å²) in [5, 5.41) is 2.66. The average molecular weight is 283 g/mol. The molecule has 0 spiro atoms. The van der Waals surface area contributed by atoms with Crippen LogP contribution >= 0.6 is 11.3 Å². The van der Waals surface area contributed by atoms with E-state index in [1.54, 1.807) is 6.07 Å². The van der Waals surface area contributed by atoms with Gasteiger partial charge in [-0.15, -0.1) is 11.3 Å². The second-order valence-corrected chi connectivity index (χ2v) is 5.22. The van der Waals surface area contributed by atoms with Crippen molar-refractivity contribution < 1.29 is 13.2 Å². The van der Waals surface area contributed by atoms with E-state index in [1.165, 1.54) is 23.5 Å². The summed E-state index contributed by atoms with van der Waals surface area (Å²) in [6.07, 6.45) is -3.90. The van der Waals surface area contributed by atoms with Crippen molar-refractivity contribution in [3.63, 3.8) is 0 Å². The van der Waals surface area contributed by atoms with E-state index in [9.17, 15) is 13.2 Å². The number of hydrogen-bond donors (Lipinski definition) is 0. The van der Waals surface area contributed by atoms with Crippen LogP contribution in [0.3, 0.4) is 0 Å². The van der Waals surface area contributed by atoms with Crippen LogP contribution in [0.2, 0.25) is 0 Å². The first kappa shape index (κ1) is 13.8. The lowest BCUT2D eigenvalue weighted by Crippen LogP contribution is -2.05. The third-order valence-corrected chi connectivity index (χ3v) is 3.45. The second-order valence-electron chi connectivity index (χ2n) is 4.28. The van der Waals surface area contributed by atoms with E-state index in [4.69, 9.17) is 0 Å². The zero-order chi connectivity index (χ0) is 14.0. The molecular formula is C14H12F3NS. The third kappa shape index (κ3) is 3.44. The smallest absolute Gasteiger partial charge is 0.241 e. The molecule has 0 aliphatic carbocycles. The molecule has 1 aromatic heterocycles. The minimum atomic E-state index is -4.30. The molecule has 0 aliphatic rings. The number of halogens is 3. The summed E-state index contributed by atoms with van der Waals surface area (Å²) >= 11 is 1.43. The zero-order valence-electron chi connectivity index (χ0n) is 10.3. The van der Waals surface area contributed by atoms with Crippen molar-refractivity contribution in [2.75, 3.05) is 0 Å². The molecule has 0 saturated carbocycles. The standard InChI is InChI=1S/C14H12F3NS/c1-9(2)12-8-19-13(18-12)7-10-4-3-5-11(6-10)14(15,16)17/h3-6,8H,1,7H2,2H3. The molecule has 2 rings (SSSR count). The summed E-state index contributed by atoms with van der Waals surface area (Å²) < 4.78 is 37.8. The lowest BCUT2D eigenvalue weighted by Gasteiger charge is -2.07. The first-order valence-corrected chi connectivity index (χ1v) is 6.50. The predicted octanol–water partition coefficient (Wildman–Crippen LogP) is 4.79. The minimum absolute atomic E-state index is 0.405. The molecule has 0 N–H and O–H groups in total. The SMILES string of the molecule is C=C(C)c1csc(Cc2cccc(C(F)(F)F)c2)n1. The molecular weight excluding hydrogens is 271 g/mol. The maximum atomic E-state index is 12.6.